The Labute approximate surface area is 151 Å². The molecule has 0 spiro atoms. The summed E-state index contributed by atoms with van der Waals surface area (Å²) in [4.78, 5) is 11.9. The van der Waals surface area contributed by atoms with E-state index in [2.05, 4.69) is 5.32 Å². The summed E-state index contributed by atoms with van der Waals surface area (Å²) in [6.45, 7) is 0.730. The number of ether oxygens (including phenoxy) is 1. The van der Waals surface area contributed by atoms with Gasteiger partial charge in [-0.2, -0.15) is 4.31 Å². The minimum atomic E-state index is -3.95. The third-order valence-corrected chi connectivity index (χ3v) is 6.14. The average Bonchev–Trinajstić information content (AvgIpc) is 3.18. The van der Waals surface area contributed by atoms with Gasteiger partial charge in [0.15, 0.2) is 0 Å². The van der Waals surface area contributed by atoms with Crippen molar-refractivity contribution in [3.05, 3.63) is 53.8 Å². The van der Waals surface area contributed by atoms with Crippen molar-refractivity contribution < 1.29 is 22.3 Å². The summed E-state index contributed by atoms with van der Waals surface area (Å²) in [5.41, 5.74) is 0.587. The molecule has 0 saturated carbocycles. The van der Waals surface area contributed by atoms with Crippen LogP contribution in [-0.2, 0) is 10.0 Å². The molecular weight excluding hydrogens is 359 g/mol. The first kappa shape index (κ1) is 18.3. The van der Waals surface area contributed by atoms with Crippen molar-refractivity contribution in [1.29, 1.82) is 0 Å². The summed E-state index contributed by atoms with van der Waals surface area (Å²) >= 11 is 0. The number of nitrogens with zero attached hydrogens (tertiary/aromatic N) is 1. The van der Waals surface area contributed by atoms with Gasteiger partial charge in [-0.3, -0.25) is 4.79 Å². The molecule has 3 rings (SSSR count). The number of nitrogens with one attached hydrogen (secondary N) is 1. The zero-order chi connectivity index (χ0) is 18.7. The minimum Gasteiger partial charge on any atom is -0.497 e. The Bertz CT molecular complexity index is 907. The van der Waals surface area contributed by atoms with Crippen LogP contribution >= 0.6 is 0 Å². The molecule has 1 N–H and O–H groups in total. The number of hydrogen-bond acceptors (Lipinski definition) is 4. The van der Waals surface area contributed by atoms with E-state index in [1.807, 2.05) is 0 Å². The number of benzene rings is 2. The van der Waals surface area contributed by atoms with E-state index in [9.17, 15) is 17.6 Å². The molecule has 0 aromatic heterocycles. The zero-order valence-electron chi connectivity index (χ0n) is 14.2. The Kier molecular flexibility index (Phi) is 5.24. The average molecular weight is 378 g/mol. The normalized spacial score (nSPS) is 15.0. The van der Waals surface area contributed by atoms with E-state index >= 15 is 0 Å². The number of amides is 1. The standard InChI is InChI=1S/C18H19FN2O4S/c1-25-15-7-5-14(6-8-15)20-18(22)13-4-9-16(19)17(12-13)26(23,24)21-10-2-3-11-21/h4-9,12H,2-3,10-11H2,1H3,(H,20,22). The van der Waals surface area contributed by atoms with E-state index in [1.165, 1.54) is 17.5 Å². The molecule has 2 aromatic carbocycles. The van der Waals surface area contributed by atoms with Gasteiger partial charge in [-0.15, -0.1) is 0 Å². The Hall–Kier alpha value is -2.45. The van der Waals surface area contributed by atoms with Crippen molar-refractivity contribution in [3.8, 4) is 5.75 Å². The number of anilines is 1. The van der Waals surface area contributed by atoms with Crippen LogP contribution in [0.15, 0.2) is 47.4 Å². The molecule has 6 nitrogen and oxygen atoms in total. The molecule has 0 bridgehead atoms. The third kappa shape index (κ3) is 3.71. The van der Waals surface area contributed by atoms with Gasteiger partial charge in [-0.05, 0) is 55.3 Å². The summed E-state index contributed by atoms with van der Waals surface area (Å²) < 4.78 is 45.6. The topological polar surface area (TPSA) is 75.7 Å². The van der Waals surface area contributed by atoms with Gasteiger partial charge in [-0.1, -0.05) is 0 Å². The number of rotatable bonds is 5. The maximum atomic E-state index is 14.1. The number of methoxy groups -OCH3 is 1. The number of halogens is 1. The van der Waals surface area contributed by atoms with Crippen molar-refractivity contribution >= 4 is 21.6 Å². The molecular formula is C18H19FN2O4S. The summed E-state index contributed by atoms with van der Waals surface area (Å²) in [5.74, 6) is -0.741. The molecule has 0 aliphatic carbocycles. The van der Waals surface area contributed by atoms with E-state index < -0.39 is 26.6 Å². The first-order valence-corrected chi connectivity index (χ1v) is 9.61. The van der Waals surface area contributed by atoms with Crippen molar-refractivity contribution in [2.24, 2.45) is 0 Å². The monoisotopic (exact) mass is 378 g/mol. The molecule has 1 aliphatic heterocycles. The summed E-state index contributed by atoms with van der Waals surface area (Å²) in [7, 11) is -2.41. The highest BCUT2D eigenvalue weighted by molar-refractivity contribution is 7.89. The highest BCUT2D eigenvalue weighted by Crippen LogP contribution is 2.25. The first-order valence-electron chi connectivity index (χ1n) is 8.17. The lowest BCUT2D eigenvalue weighted by Gasteiger charge is -2.16. The summed E-state index contributed by atoms with van der Waals surface area (Å²) in [6.07, 6.45) is 1.50. The van der Waals surface area contributed by atoms with Crippen LogP contribution in [-0.4, -0.2) is 38.8 Å². The van der Waals surface area contributed by atoms with Crippen LogP contribution in [0.3, 0.4) is 0 Å². The predicted octanol–water partition coefficient (Wildman–Crippen LogP) is 2.87. The fourth-order valence-electron chi connectivity index (χ4n) is 2.79. The smallest absolute Gasteiger partial charge is 0.255 e. The second-order valence-corrected chi connectivity index (χ2v) is 7.85. The molecule has 1 saturated heterocycles. The van der Waals surface area contributed by atoms with Crippen LogP contribution in [0.2, 0.25) is 0 Å². The predicted molar refractivity (Wildman–Crippen MR) is 95.3 cm³/mol. The SMILES string of the molecule is COc1ccc(NC(=O)c2ccc(F)c(S(=O)(=O)N3CCCC3)c2)cc1. The van der Waals surface area contributed by atoms with Crippen molar-refractivity contribution in [2.75, 3.05) is 25.5 Å². The van der Waals surface area contributed by atoms with E-state index in [0.29, 0.717) is 24.5 Å². The molecule has 138 valence electrons. The van der Waals surface area contributed by atoms with Crippen molar-refractivity contribution in [2.45, 2.75) is 17.7 Å². The van der Waals surface area contributed by atoms with Crippen LogP contribution in [0.1, 0.15) is 23.2 Å². The van der Waals surface area contributed by atoms with E-state index in [4.69, 9.17) is 4.74 Å². The zero-order valence-corrected chi connectivity index (χ0v) is 15.1. The Morgan fingerprint density at radius 1 is 1.12 bits per heavy atom. The third-order valence-electron chi connectivity index (χ3n) is 4.22. The Morgan fingerprint density at radius 2 is 1.77 bits per heavy atom. The molecule has 1 amide bonds. The fourth-order valence-corrected chi connectivity index (χ4v) is 4.39. The van der Waals surface area contributed by atoms with Gasteiger partial charge in [0, 0.05) is 24.3 Å². The highest BCUT2D eigenvalue weighted by atomic mass is 32.2. The van der Waals surface area contributed by atoms with Crippen LogP contribution in [0.25, 0.3) is 0 Å². The Balaban J connectivity index is 1.85. The Morgan fingerprint density at radius 3 is 2.38 bits per heavy atom. The fraction of sp³-hybridized carbons (Fsp3) is 0.278. The van der Waals surface area contributed by atoms with Crippen molar-refractivity contribution in [1.82, 2.24) is 4.31 Å². The second kappa shape index (κ2) is 7.43. The number of carbonyl (C=O) groups is 1. The van der Waals surface area contributed by atoms with Crippen LogP contribution in [0.5, 0.6) is 5.75 Å². The molecule has 2 aromatic rings. The molecule has 26 heavy (non-hydrogen) atoms. The maximum absolute atomic E-state index is 14.1. The summed E-state index contributed by atoms with van der Waals surface area (Å²) in [6, 6.07) is 10.0. The lowest BCUT2D eigenvalue weighted by atomic mass is 10.2. The van der Waals surface area contributed by atoms with Gasteiger partial charge in [-0.25, -0.2) is 12.8 Å². The van der Waals surface area contributed by atoms with Gasteiger partial charge in [0.1, 0.15) is 16.5 Å². The number of hydrogen-bond donors (Lipinski definition) is 1. The van der Waals surface area contributed by atoms with E-state index in [1.54, 1.807) is 24.3 Å². The van der Waals surface area contributed by atoms with Gasteiger partial charge in [0.05, 0.1) is 7.11 Å². The molecule has 8 heteroatoms. The second-order valence-electron chi connectivity index (χ2n) is 5.94. The molecule has 0 radical (unpaired) electrons. The number of carbonyl (C=O) groups excluding carboxylic acids is 1. The molecule has 1 aliphatic rings. The lowest BCUT2D eigenvalue weighted by Crippen LogP contribution is -2.29. The van der Waals surface area contributed by atoms with Gasteiger partial charge in [0.2, 0.25) is 10.0 Å². The van der Waals surface area contributed by atoms with Gasteiger partial charge in [0.25, 0.3) is 5.91 Å². The quantitative estimate of drug-likeness (QED) is 0.868. The maximum Gasteiger partial charge on any atom is 0.255 e. The van der Waals surface area contributed by atoms with E-state index in [0.717, 1.165) is 25.0 Å². The number of sulfonamides is 1. The van der Waals surface area contributed by atoms with Crippen LogP contribution in [0, 0.1) is 5.82 Å². The minimum absolute atomic E-state index is 0.0694. The van der Waals surface area contributed by atoms with Crippen LogP contribution in [0.4, 0.5) is 10.1 Å². The largest absolute Gasteiger partial charge is 0.497 e. The molecule has 1 heterocycles. The van der Waals surface area contributed by atoms with Gasteiger partial charge < -0.3 is 10.1 Å². The van der Waals surface area contributed by atoms with Crippen LogP contribution < -0.4 is 10.1 Å². The van der Waals surface area contributed by atoms with Gasteiger partial charge >= 0.3 is 0 Å². The van der Waals surface area contributed by atoms with E-state index in [-0.39, 0.29) is 5.56 Å². The highest BCUT2D eigenvalue weighted by Gasteiger charge is 2.30. The molecule has 1 fully saturated rings. The van der Waals surface area contributed by atoms with Crippen molar-refractivity contribution in [3.63, 3.8) is 0 Å². The summed E-state index contributed by atoms with van der Waals surface area (Å²) in [5, 5.41) is 2.65. The molecule has 0 atom stereocenters. The molecule has 0 unspecified atom stereocenters. The first-order chi connectivity index (χ1) is 12.4. The lowest BCUT2D eigenvalue weighted by molar-refractivity contribution is 0.102.